The molecule has 0 unspecified atom stereocenters. The van der Waals surface area contributed by atoms with Crippen LogP contribution in [0, 0.1) is 5.82 Å². The summed E-state index contributed by atoms with van der Waals surface area (Å²) < 4.78 is 15.6. The van der Waals surface area contributed by atoms with Crippen LogP contribution in [0.2, 0.25) is 0 Å². The molecule has 2 rings (SSSR count). The predicted molar refractivity (Wildman–Crippen MR) is 71.8 cm³/mol. The molecule has 0 N–H and O–H groups in total. The van der Waals surface area contributed by atoms with E-state index in [9.17, 15) is 4.39 Å². The van der Waals surface area contributed by atoms with E-state index in [-0.39, 0.29) is 11.2 Å². The molecule has 1 aromatic carbocycles. The summed E-state index contributed by atoms with van der Waals surface area (Å²) in [7, 11) is 1.92. The Morgan fingerprint density at radius 2 is 2.11 bits per heavy atom. The van der Waals surface area contributed by atoms with Crippen LogP contribution in [0.15, 0.2) is 29.0 Å². The number of hydrogen-bond donors (Lipinski definition) is 0. The lowest BCUT2D eigenvalue weighted by atomic mass is 9.81. The number of hydrogen-bond acceptors (Lipinski definition) is 2. The lowest BCUT2D eigenvalue weighted by Gasteiger charge is -2.25. The SMILES string of the molecule is Cn1cnnc1CC(C)(C)c1ccc(F)c(Br)c1. The van der Waals surface area contributed by atoms with Gasteiger partial charge >= 0.3 is 0 Å². The maximum Gasteiger partial charge on any atom is 0.137 e. The van der Waals surface area contributed by atoms with Gasteiger partial charge in [-0.1, -0.05) is 19.9 Å². The molecule has 0 aliphatic carbocycles. The average molecular weight is 312 g/mol. The highest BCUT2D eigenvalue weighted by molar-refractivity contribution is 9.10. The van der Waals surface area contributed by atoms with Crippen molar-refractivity contribution in [3.8, 4) is 0 Å². The Morgan fingerprint density at radius 1 is 1.39 bits per heavy atom. The summed E-state index contributed by atoms with van der Waals surface area (Å²) in [6.45, 7) is 4.22. The molecule has 1 aromatic heterocycles. The summed E-state index contributed by atoms with van der Waals surface area (Å²) >= 11 is 3.22. The van der Waals surface area contributed by atoms with Crippen LogP contribution >= 0.6 is 15.9 Å². The fraction of sp³-hybridized carbons (Fsp3) is 0.385. The van der Waals surface area contributed by atoms with Crippen LogP contribution in [-0.2, 0) is 18.9 Å². The van der Waals surface area contributed by atoms with Gasteiger partial charge in [-0.3, -0.25) is 0 Å². The molecular weight excluding hydrogens is 297 g/mol. The van der Waals surface area contributed by atoms with Gasteiger partial charge in [0.25, 0.3) is 0 Å². The largest absolute Gasteiger partial charge is 0.321 e. The third kappa shape index (κ3) is 2.61. The zero-order chi connectivity index (χ0) is 13.3. The first-order valence-corrected chi connectivity index (χ1v) is 6.48. The van der Waals surface area contributed by atoms with E-state index >= 15 is 0 Å². The van der Waals surface area contributed by atoms with E-state index in [0.717, 1.165) is 17.8 Å². The number of aryl methyl sites for hydroxylation is 1. The first-order chi connectivity index (χ1) is 8.40. The van der Waals surface area contributed by atoms with Crippen LogP contribution < -0.4 is 0 Å². The molecule has 0 saturated carbocycles. The Labute approximate surface area is 114 Å². The van der Waals surface area contributed by atoms with Crippen LogP contribution in [0.1, 0.15) is 25.2 Å². The minimum absolute atomic E-state index is 0.128. The summed E-state index contributed by atoms with van der Waals surface area (Å²) in [5, 5.41) is 7.97. The molecule has 18 heavy (non-hydrogen) atoms. The van der Waals surface area contributed by atoms with Crippen molar-refractivity contribution >= 4 is 15.9 Å². The van der Waals surface area contributed by atoms with Gasteiger partial charge in [0.05, 0.1) is 4.47 Å². The van der Waals surface area contributed by atoms with E-state index in [4.69, 9.17) is 0 Å². The highest BCUT2D eigenvalue weighted by Gasteiger charge is 2.24. The number of aromatic nitrogens is 3. The van der Waals surface area contributed by atoms with Gasteiger partial charge in [0.1, 0.15) is 18.0 Å². The van der Waals surface area contributed by atoms with Gasteiger partial charge in [-0.15, -0.1) is 10.2 Å². The van der Waals surface area contributed by atoms with E-state index in [1.165, 1.54) is 6.07 Å². The van der Waals surface area contributed by atoms with Gasteiger partial charge in [0.2, 0.25) is 0 Å². The molecule has 0 aliphatic heterocycles. The molecule has 1 heterocycles. The Bertz CT molecular complexity index is 563. The molecule has 0 saturated heterocycles. The van der Waals surface area contributed by atoms with Crippen LogP contribution in [0.4, 0.5) is 4.39 Å². The molecule has 0 aliphatic rings. The number of halogens is 2. The minimum atomic E-state index is -0.242. The van der Waals surface area contributed by atoms with Gasteiger partial charge < -0.3 is 4.57 Å². The molecule has 0 atom stereocenters. The van der Waals surface area contributed by atoms with Crippen molar-refractivity contribution in [3.05, 3.63) is 46.2 Å². The zero-order valence-electron chi connectivity index (χ0n) is 10.6. The Morgan fingerprint density at radius 3 is 2.67 bits per heavy atom. The highest BCUT2D eigenvalue weighted by atomic mass is 79.9. The van der Waals surface area contributed by atoms with Crippen molar-refractivity contribution in [2.75, 3.05) is 0 Å². The van der Waals surface area contributed by atoms with Gasteiger partial charge in [-0.05, 0) is 39.0 Å². The molecule has 0 amide bonds. The summed E-state index contributed by atoms with van der Waals surface area (Å²) in [5.41, 5.74) is 0.940. The third-order valence-corrected chi connectivity index (χ3v) is 3.71. The molecule has 0 radical (unpaired) electrons. The Kier molecular flexibility index (Phi) is 3.52. The lowest BCUT2D eigenvalue weighted by molar-refractivity contribution is 0.495. The number of rotatable bonds is 3. The van der Waals surface area contributed by atoms with E-state index in [1.54, 1.807) is 6.33 Å². The maximum atomic E-state index is 13.3. The summed E-state index contributed by atoms with van der Waals surface area (Å²) in [4.78, 5) is 0. The fourth-order valence-corrected chi connectivity index (χ4v) is 2.26. The summed E-state index contributed by atoms with van der Waals surface area (Å²) in [5.74, 6) is 0.675. The second kappa shape index (κ2) is 4.80. The second-order valence-electron chi connectivity index (χ2n) is 5.05. The van der Waals surface area contributed by atoms with E-state index in [2.05, 4.69) is 40.0 Å². The predicted octanol–water partition coefficient (Wildman–Crippen LogP) is 3.24. The quantitative estimate of drug-likeness (QED) is 0.871. The molecule has 0 fully saturated rings. The van der Waals surface area contributed by atoms with Crippen molar-refractivity contribution in [2.45, 2.75) is 25.7 Å². The third-order valence-electron chi connectivity index (χ3n) is 3.11. The monoisotopic (exact) mass is 311 g/mol. The normalized spacial score (nSPS) is 11.8. The number of nitrogens with zero attached hydrogens (tertiary/aromatic N) is 3. The van der Waals surface area contributed by atoms with Crippen LogP contribution in [-0.4, -0.2) is 14.8 Å². The van der Waals surface area contributed by atoms with Crippen molar-refractivity contribution in [3.63, 3.8) is 0 Å². The molecule has 2 aromatic rings. The highest BCUT2D eigenvalue weighted by Crippen LogP contribution is 2.29. The molecule has 96 valence electrons. The van der Waals surface area contributed by atoms with Gasteiger partial charge in [-0.2, -0.15) is 0 Å². The van der Waals surface area contributed by atoms with E-state index in [1.807, 2.05) is 23.7 Å². The molecule has 3 nitrogen and oxygen atoms in total. The van der Waals surface area contributed by atoms with Crippen molar-refractivity contribution in [1.82, 2.24) is 14.8 Å². The second-order valence-corrected chi connectivity index (χ2v) is 5.90. The van der Waals surface area contributed by atoms with Gasteiger partial charge in [0.15, 0.2) is 0 Å². The fourth-order valence-electron chi connectivity index (χ4n) is 1.88. The van der Waals surface area contributed by atoms with Crippen LogP contribution in [0.25, 0.3) is 0 Å². The Hall–Kier alpha value is -1.23. The molecule has 0 spiro atoms. The molecule has 5 heteroatoms. The molecular formula is C13H15BrFN3. The smallest absolute Gasteiger partial charge is 0.137 e. The zero-order valence-corrected chi connectivity index (χ0v) is 12.2. The van der Waals surface area contributed by atoms with E-state index in [0.29, 0.717) is 4.47 Å². The van der Waals surface area contributed by atoms with Gasteiger partial charge in [-0.25, -0.2) is 4.39 Å². The standard InChI is InChI=1S/C13H15BrFN3/c1-13(2,7-12-17-16-8-18(12)3)9-4-5-11(15)10(14)6-9/h4-6,8H,7H2,1-3H3. The van der Waals surface area contributed by atoms with Crippen molar-refractivity contribution in [2.24, 2.45) is 7.05 Å². The van der Waals surface area contributed by atoms with E-state index < -0.39 is 0 Å². The molecule has 0 bridgehead atoms. The number of benzene rings is 1. The van der Waals surface area contributed by atoms with Crippen LogP contribution in [0.3, 0.4) is 0 Å². The average Bonchev–Trinajstić information content (AvgIpc) is 2.67. The summed E-state index contributed by atoms with van der Waals surface area (Å²) in [6, 6.07) is 5.13. The topological polar surface area (TPSA) is 30.7 Å². The first-order valence-electron chi connectivity index (χ1n) is 5.68. The maximum absolute atomic E-state index is 13.3. The van der Waals surface area contributed by atoms with Crippen molar-refractivity contribution < 1.29 is 4.39 Å². The van der Waals surface area contributed by atoms with Crippen LogP contribution in [0.5, 0.6) is 0 Å². The van der Waals surface area contributed by atoms with Gasteiger partial charge in [0, 0.05) is 13.5 Å². The van der Waals surface area contributed by atoms with Crippen molar-refractivity contribution in [1.29, 1.82) is 0 Å². The summed E-state index contributed by atoms with van der Waals surface area (Å²) in [6.07, 6.45) is 2.44. The lowest BCUT2D eigenvalue weighted by Crippen LogP contribution is -2.22. The Balaban J connectivity index is 2.30. The minimum Gasteiger partial charge on any atom is -0.321 e. The first kappa shape index (κ1) is 13.2.